The Balaban J connectivity index is 1.67. The van der Waals surface area contributed by atoms with Gasteiger partial charge in [0, 0.05) is 17.1 Å². The van der Waals surface area contributed by atoms with Crippen LogP contribution in [0.3, 0.4) is 0 Å². The molecule has 66 heavy (non-hydrogen) atoms. The molecular formula is C56H103NO8S. The number of aliphatic hydroxyl groups is 5. The third kappa shape index (κ3) is 31.1. The lowest BCUT2D eigenvalue weighted by atomic mass is 9.98. The summed E-state index contributed by atoms with van der Waals surface area (Å²) in [5.74, 6) is 0.0935. The van der Waals surface area contributed by atoms with Crippen molar-refractivity contribution >= 4 is 17.7 Å². The van der Waals surface area contributed by atoms with Crippen molar-refractivity contribution in [1.82, 2.24) is 5.32 Å². The molecule has 0 bridgehead atoms. The highest BCUT2D eigenvalue weighted by Crippen LogP contribution is 2.28. The zero-order valence-corrected chi connectivity index (χ0v) is 43.3. The molecule has 1 heterocycles. The Labute approximate surface area is 409 Å². The third-order valence-electron chi connectivity index (χ3n) is 13.8. The van der Waals surface area contributed by atoms with E-state index in [-0.39, 0.29) is 12.5 Å². The monoisotopic (exact) mass is 950 g/mol. The quantitative estimate of drug-likeness (QED) is 0.0277. The van der Waals surface area contributed by atoms with Gasteiger partial charge in [0.1, 0.15) is 24.4 Å². The van der Waals surface area contributed by atoms with Crippen molar-refractivity contribution in [3.8, 4) is 0 Å². The Kier molecular flexibility index (Phi) is 39.3. The molecule has 1 aliphatic rings. The maximum Gasteiger partial charge on any atom is 0.220 e. The lowest BCUT2D eigenvalue weighted by molar-refractivity contribution is -0.294. The van der Waals surface area contributed by atoms with Crippen LogP contribution in [0.1, 0.15) is 251 Å². The summed E-state index contributed by atoms with van der Waals surface area (Å²) in [6.45, 7) is 4.29. The van der Waals surface area contributed by atoms with Gasteiger partial charge in [-0.25, -0.2) is 0 Å². The van der Waals surface area contributed by atoms with Crippen molar-refractivity contribution in [3.63, 3.8) is 0 Å². The molecule has 1 fully saturated rings. The van der Waals surface area contributed by atoms with Gasteiger partial charge in [0.05, 0.1) is 24.9 Å². The zero-order valence-electron chi connectivity index (χ0n) is 42.5. The smallest absolute Gasteiger partial charge is 0.220 e. The first-order valence-corrected chi connectivity index (χ1v) is 28.9. The van der Waals surface area contributed by atoms with E-state index in [2.05, 4.69) is 19.2 Å². The minimum absolute atomic E-state index is 0.221. The standard InChI is InChI=1S/C56H103NO8S/c1-3-5-7-9-11-13-15-17-18-19-20-21-22-23-24-25-26-27-29-31-33-35-40-44-51(59)57-48(52(60)49(58)43-39-34-32-30-28-16-14-12-10-8-6-4-2)45-64-56-55(63)54(62)53(61)50(65-56)46-66-47-41-37-36-38-42-47/h36-38,41-42,48-50,52-56,58,60-63H,3-35,39-40,43-46H2,1-2H3,(H,57,59)/t48-,49+,50?,52?,53-,54?,55-,56-/m0/s1. The fourth-order valence-electron chi connectivity index (χ4n) is 9.29. The summed E-state index contributed by atoms with van der Waals surface area (Å²) in [6.07, 6.45) is 36.6. The van der Waals surface area contributed by atoms with Gasteiger partial charge in [0.15, 0.2) is 6.29 Å². The SMILES string of the molecule is CCCCCCCCCCCCCCCCCCCCCCCCCC(=O)N[C@@H](CO[C@H]1OC(CSc2ccccc2)[C@H](O)C(O)[C@@H]1O)C(O)[C@H](O)CCCCCCCCCCCCCC. The number of benzene rings is 1. The first-order chi connectivity index (χ1) is 32.3. The van der Waals surface area contributed by atoms with Crippen molar-refractivity contribution in [1.29, 1.82) is 0 Å². The highest BCUT2D eigenvalue weighted by Gasteiger charge is 2.44. The number of hydrogen-bond donors (Lipinski definition) is 6. The van der Waals surface area contributed by atoms with Crippen LogP contribution in [0.5, 0.6) is 0 Å². The van der Waals surface area contributed by atoms with Crippen LogP contribution in [-0.2, 0) is 14.3 Å². The number of carbonyl (C=O) groups excluding carboxylic acids is 1. The number of unbranched alkanes of at least 4 members (excludes halogenated alkanes) is 33. The molecule has 2 rings (SSSR count). The molecule has 1 saturated heterocycles. The molecule has 0 saturated carbocycles. The summed E-state index contributed by atoms with van der Waals surface area (Å²) in [5.41, 5.74) is 0. The van der Waals surface area contributed by atoms with Crippen molar-refractivity contribution < 1.29 is 39.8 Å². The molecule has 9 nitrogen and oxygen atoms in total. The highest BCUT2D eigenvalue weighted by atomic mass is 32.2. The number of hydrogen-bond acceptors (Lipinski definition) is 9. The molecule has 0 spiro atoms. The van der Waals surface area contributed by atoms with E-state index in [1.165, 1.54) is 198 Å². The summed E-state index contributed by atoms with van der Waals surface area (Å²) in [6, 6.07) is 8.69. The largest absolute Gasteiger partial charge is 0.390 e. The van der Waals surface area contributed by atoms with E-state index in [4.69, 9.17) is 9.47 Å². The van der Waals surface area contributed by atoms with E-state index in [1.54, 1.807) is 0 Å². The maximum atomic E-state index is 13.2. The lowest BCUT2D eigenvalue weighted by Gasteiger charge is -2.41. The van der Waals surface area contributed by atoms with Gasteiger partial charge in [-0.15, -0.1) is 11.8 Å². The molecule has 0 aromatic heterocycles. The van der Waals surface area contributed by atoms with Crippen LogP contribution in [-0.4, -0.2) is 92.8 Å². The topological polar surface area (TPSA) is 149 Å². The maximum absolute atomic E-state index is 13.2. The highest BCUT2D eigenvalue weighted by molar-refractivity contribution is 7.99. The summed E-state index contributed by atoms with van der Waals surface area (Å²) in [7, 11) is 0. The molecule has 10 heteroatoms. The van der Waals surface area contributed by atoms with Gasteiger partial charge in [0.2, 0.25) is 5.91 Å². The van der Waals surface area contributed by atoms with Crippen LogP contribution >= 0.6 is 11.8 Å². The predicted octanol–water partition coefficient (Wildman–Crippen LogP) is 13.3. The second kappa shape index (κ2) is 42.6. The molecule has 1 aromatic rings. The number of thioether (sulfide) groups is 1. The number of carbonyl (C=O) groups is 1. The number of rotatable bonds is 46. The summed E-state index contributed by atoms with van der Waals surface area (Å²) < 4.78 is 11.9. The van der Waals surface area contributed by atoms with Gasteiger partial charge >= 0.3 is 0 Å². The molecule has 8 atom stereocenters. The van der Waals surface area contributed by atoms with Crippen molar-refractivity contribution in [3.05, 3.63) is 30.3 Å². The Morgan fingerprint density at radius 2 is 0.955 bits per heavy atom. The molecule has 0 aliphatic carbocycles. The van der Waals surface area contributed by atoms with Gasteiger partial charge in [0.25, 0.3) is 0 Å². The molecule has 1 aliphatic heterocycles. The fourth-order valence-corrected chi connectivity index (χ4v) is 10.3. The van der Waals surface area contributed by atoms with Crippen molar-refractivity contribution in [2.45, 2.75) is 305 Å². The van der Waals surface area contributed by atoms with Crippen LogP contribution in [0.2, 0.25) is 0 Å². The lowest BCUT2D eigenvalue weighted by Crippen LogP contribution is -2.60. The second-order valence-corrected chi connectivity index (χ2v) is 21.0. The van der Waals surface area contributed by atoms with Crippen LogP contribution in [0.15, 0.2) is 35.2 Å². The van der Waals surface area contributed by atoms with E-state index in [1.807, 2.05) is 30.3 Å². The minimum atomic E-state index is -1.54. The van der Waals surface area contributed by atoms with Crippen LogP contribution in [0.25, 0.3) is 0 Å². The zero-order chi connectivity index (χ0) is 47.7. The van der Waals surface area contributed by atoms with Gasteiger partial charge in [-0.3, -0.25) is 4.79 Å². The van der Waals surface area contributed by atoms with E-state index < -0.39 is 49.0 Å². The average Bonchev–Trinajstić information content (AvgIpc) is 3.32. The minimum Gasteiger partial charge on any atom is -0.390 e. The number of aliphatic hydroxyl groups excluding tert-OH is 5. The first-order valence-electron chi connectivity index (χ1n) is 27.9. The fraction of sp³-hybridized carbons (Fsp3) is 0.875. The first kappa shape index (κ1) is 60.9. The van der Waals surface area contributed by atoms with Crippen LogP contribution < -0.4 is 5.32 Å². The molecule has 386 valence electrons. The summed E-state index contributed by atoms with van der Waals surface area (Å²) >= 11 is 1.46. The van der Waals surface area contributed by atoms with E-state index in [0.717, 1.165) is 43.4 Å². The predicted molar refractivity (Wildman–Crippen MR) is 276 cm³/mol. The van der Waals surface area contributed by atoms with E-state index in [9.17, 15) is 30.3 Å². The van der Waals surface area contributed by atoms with E-state index >= 15 is 0 Å². The number of ether oxygens (including phenoxy) is 2. The Morgan fingerprint density at radius 1 is 0.561 bits per heavy atom. The van der Waals surface area contributed by atoms with Crippen molar-refractivity contribution in [2.24, 2.45) is 0 Å². The Morgan fingerprint density at radius 3 is 1.38 bits per heavy atom. The molecule has 1 aromatic carbocycles. The summed E-state index contributed by atoms with van der Waals surface area (Å²) in [4.78, 5) is 14.2. The Bertz CT molecular complexity index is 1210. The molecule has 1 amide bonds. The number of amides is 1. The molecule has 3 unspecified atom stereocenters. The second-order valence-electron chi connectivity index (χ2n) is 19.9. The molecular weight excluding hydrogens is 847 g/mol. The average molecular weight is 951 g/mol. The van der Waals surface area contributed by atoms with Gasteiger partial charge < -0.3 is 40.3 Å². The Hall–Kier alpha value is -1.24. The number of nitrogens with one attached hydrogen (secondary N) is 1. The van der Waals surface area contributed by atoms with Gasteiger partial charge in [-0.2, -0.15) is 0 Å². The van der Waals surface area contributed by atoms with Gasteiger partial charge in [-0.05, 0) is 25.0 Å². The normalized spacial score (nSPS) is 20.1. The van der Waals surface area contributed by atoms with Crippen LogP contribution in [0, 0.1) is 0 Å². The van der Waals surface area contributed by atoms with Crippen LogP contribution in [0.4, 0.5) is 0 Å². The molecule has 0 radical (unpaired) electrons. The van der Waals surface area contributed by atoms with Crippen molar-refractivity contribution in [2.75, 3.05) is 12.4 Å². The van der Waals surface area contributed by atoms with E-state index in [0.29, 0.717) is 18.6 Å². The summed E-state index contributed by atoms with van der Waals surface area (Å²) in [5, 5.41) is 57.6. The van der Waals surface area contributed by atoms with Gasteiger partial charge in [-0.1, -0.05) is 250 Å². The molecule has 6 N–H and O–H groups in total. The third-order valence-corrected chi connectivity index (χ3v) is 14.9.